The number of carbonyl (C=O) groups is 3. The van der Waals surface area contributed by atoms with Crippen LogP contribution in [0.5, 0.6) is 0 Å². The molecular weight excluding hydrogens is 530 g/mol. The van der Waals surface area contributed by atoms with E-state index in [9.17, 15) is 19.6 Å². The highest BCUT2D eigenvalue weighted by atomic mass is 16.7. The van der Waals surface area contributed by atoms with Crippen LogP contribution in [-0.4, -0.2) is 98.7 Å². The van der Waals surface area contributed by atoms with Gasteiger partial charge in [-0.1, -0.05) is 12.1 Å². The number of rotatable bonds is 10. The van der Waals surface area contributed by atoms with Crippen molar-refractivity contribution in [1.82, 2.24) is 19.8 Å². The minimum atomic E-state index is -1.03. The van der Waals surface area contributed by atoms with Crippen LogP contribution < -0.4 is 10.6 Å². The number of likely N-dealkylation sites (N-methyl/N-ethyl adjacent to an activating group) is 1. The van der Waals surface area contributed by atoms with Gasteiger partial charge in [-0.15, -0.1) is 0 Å². The molecule has 13 nitrogen and oxygen atoms in total. The molecular formula is C28H31N7O6. The van der Waals surface area contributed by atoms with Crippen molar-refractivity contribution in [2.45, 2.75) is 6.29 Å². The number of piperazine rings is 1. The fraction of sp³-hybridized carbons (Fsp3) is 0.357. The van der Waals surface area contributed by atoms with Gasteiger partial charge >= 0.3 is 0 Å². The van der Waals surface area contributed by atoms with E-state index in [-0.39, 0.29) is 41.6 Å². The maximum absolute atomic E-state index is 13.6. The SMILES string of the molecule is COCCNc1cc(NC(=O)c2cccc3cc(C(=O)N4CCN(C)CC4=O)c(C(OC)OC)nc23)ncc1C#N. The number of nitrogens with zero attached hydrogens (tertiary/aromatic N) is 5. The van der Waals surface area contributed by atoms with E-state index in [1.165, 1.54) is 25.3 Å². The number of imide groups is 1. The minimum Gasteiger partial charge on any atom is -0.383 e. The summed E-state index contributed by atoms with van der Waals surface area (Å²) in [6, 6.07) is 10.2. The van der Waals surface area contributed by atoms with E-state index in [1.54, 1.807) is 37.4 Å². The lowest BCUT2D eigenvalue weighted by molar-refractivity contribution is -0.132. The molecule has 41 heavy (non-hydrogen) atoms. The third-order valence-corrected chi connectivity index (χ3v) is 6.55. The monoisotopic (exact) mass is 561 g/mol. The highest BCUT2D eigenvalue weighted by Crippen LogP contribution is 2.28. The lowest BCUT2D eigenvalue weighted by Gasteiger charge is -2.31. The molecule has 0 saturated carbocycles. The third kappa shape index (κ3) is 6.47. The van der Waals surface area contributed by atoms with Crippen LogP contribution in [-0.2, 0) is 19.0 Å². The Hall–Kier alpha value is -4.48. The molecule has 13 heteroatoms. The van der Waals surface area contributed by atoms with Crippen LogP contribution in [0.1, 0.15) is 38.3 Å². The molecule has 3 amide bonds. The van der Waals surface area contributed by atoms with Crippen molar-refractivity contribution in [1.29, 1.82) is 5.26 Å². The van der Waals surface area contributed by atoms with E-state index in [4.69, 9.17) is 14.2 Å². The zero-order valence-electron chi connectivity index (χ0n) is 23.3. The fourth-order valence-electron chi connectivity index (χ4n) is 4.45. The normalized spacial score (nSPS) is 13.9. The van der Waals surface area contributed by atoms with Gasteiger partial charge in [0.15, 0.2) is 0 Å². The Labute approximate surface area is 237 Å². The Morgan fingerprint density at radius 2 is 1.93 bits per heavy atom. The molecule has 3 heterocycles. The van der Waals surface area contributed by atoms with Crippen molar-refractivity contribution in [2.24, 2.45) is 0 Å². The van der Waals surface area contributed by atoms with Crippen LogP contribution in [0.2, 0.25) is 0 Å². The number of pyridine rings is 2. The summed E-state index contributed by atoms with van der Waals surface area (Å²) in [6.45, 7) is 1.79. The van der Waals surface area contributed by atoms with Gasteiger partial charge in [0.05, 0.1) is 41.0 Å². The van der Waals surface area contributed by atoms with Crippen molar-refractivity contribution in [3.63, 3.8) is 0 Å². The molecule has 0 spiro atoms. The molecule has 214 valence electrons. The van der Waals surface area contributed by atoms with Gasteiger partial charge in [0.1, 0.15) is 17.6 Å². The Balaban J connectivity index is 1.71. The first-order chi connectivity index (χ1) is 19.8. The van der Waals surface area contributed by atoms with Gasteiger partial charge in [-0.25, -0.2) is 9.97 Å². The fourth-order valence-corrected chi connectivity index (χ4v) is 4.45. The second-order valence-corrected chi connectivity index (χ2v) is 9.29. The van der Waals surface area contributed by atoms with Crippen LogP contribution >= 0.6 is 0 Å². The Morgan fingerprint density at radius 3 is 2.61 bits per heavy atom. The van der Waals surface area contributed by atoms with E-state index in [0.717, 1.165) is 0 Å². The highest BCUT2D eigenvalue weighted by molar-refractivity contribution is 6.13. The molecule has 0 unspecified atom stereocenters. The van der Waals surface area contributed by atoms with Crippen LogP contribution in [0, 0.1) is 11.3 Å². The molecule has 1 saturated heterocycles. The Bertz CT molecular complexity index is 1500. The number of fused-ring (bicyclic) bond motifs is 1. The molecule has 0 radical (unpaired) electrons. The predicted molar refractivity (Wildman–Crippen MR) is 149 cm³/mol. The van der Waals surface area contributed by atoms with Crippen LogP contribution in [0.25, 0.3) is 10.9 Å². The molecule has 2 N–H and O–H groups in total. The quantitative estimate of drug-likeness (QED) is 0.212. The molecule has 0 atom stereocenters. The molecule has 0 aliphatic carbocycles. The molecule has 1 aliphatic rings. The molecule has 2 aromatic heterocycles. The molecule has 1 fully saturated rings. The number of anilines is 2. The number of benzene rings is 1. The average Bonchev–Trinajstić information content (AvgIpc) is 2.97. The zero-order valence-corrected chi connectivity index (χ0v) is 23.3. The van der Waals surface area contributed by atoms with Gasteiger partial charge in [0.2, 0.25) is 12.2 Å². The summed E-state index contributed by atoms with van der Waals surface area (Å²) in [4.78, 5) is 51.5. The Kier molecular flexibility index (Phi) is 9.53. The zero-order chi connectivity index (χ0) is 29.5. The molecule has 1 aromatic carbocycles. The van der Waals surface area contributed by atoms with Gasteiger partial charge in [-0.3, -0.25) is 24.2 Å². The second kappa shape index (κ2) is 13.2. The van der Waals surface area contributed by atoms with Crippen LogP contribution in [0.15, 0.2) is 36.5 Å². The first-order valence-electron chi connectivity index (χ1n) is 12.8. The van der Waals surface area contributed by atoms with E-state index in [0.29, 0.717) is 41.9 Å². The van der Waals surface area contributed by atoms with Crippen molar-refractivity contribution in [2.75, 3.05) is 71.8 Å². The van der Waals surface area contributed by atoms with Crippen molar-refractivity contribution in [3.8, 4) is 6.07 Å². The molecule has 3 aromatic rings. The van der Waals surface area contributed by atoms with Gasteiger partial charge in [-0.05, 0) is 19.2 Å². The number of para-hydroxylation sites is 1. The summed E-state index contributed by atoms with van der Waals surface area (Å²) in [6.07, 6.45) is 0.335. The number of nitriles is 1. The summed E-state index contributed by atoms with van der Waals surface area (Å²) in [7, 11) is 6.19. The number of ether oxygens (including phenoxy) is 3. The largest absolute Gasteiger partial charge is 0.383 e. The Morgan fingerprint density at radius 1 is 1.15 bits per heavy atom. The van der Waals surface area contributed by atoms with Gasteiger partial charge in [0, 0.05) is 58.6 Å². The minimum absolute atomic E-state index is 0.122. The van der Waals surface area contributed by atoms with E-state index < -0.39 is 18.1 Å². The molecule has 1 aliphatic heterocycles. The molecule has 0 bridgehead atoms. The smallest absolute Gasteiger partial charge is 0.262 e. The standard InChI is InChI=1S/C28H31N7O6/c1-34-9-10-35(23(36)16-34)27(38)20-12-17-6-5-7-19(24(17)33-25(20)28(40-3)41-4)26(37)32-22-13-21(30-8-11-39-2)18(14-29)15-31-22/h5-7,12-13,15,28H,8-11,16H2,1-4H3,(H2,30,31,32,37). The van der Waals surface area contributed by atoms with E-state index >= 15 is 0 Å². The van der Waals surface area contributed by atoms with Gasteiger partial charge in [0.25, 0.3) is 11.8 Å². The van der Waals surface area contributed by atoms with Gasteiger partial charge in [-0.2, -0.15) is 5.26 Å². The number of nitrogens with one attached hydrogen (secondary N) is 2. The predicted octanol–water partition coefficient (Wildman–Crippen LogP) is 2.02. The lowest BCUT2D eigenvalue weighted by Crippen LogP contribution is -2.51. The maximum atomic E-state index is 13.6. The second-order valence-electron chi connectivity index (χ2n) is 9.29. The first kappa shape index (κ1) is 29.5. The lowest BCUT2D eigenvalue weighted by atomic mass is 10.0. The molecule has 4 rings (SSSR count). The summed E-state index contributed by atoms with van der Waals surface area (Å²) in [5, 5.41) is 15.7. The maximum Gasteiger partial charge on any atom is 0.262 e. The first-order valence-corrected chi connectivity index (χ1v) is 12.8. The number of carbonyl (C=O) groups excluding carboxylic acids is 3. The summed E-state index contributed by atoms with van der Waals surface area (Å²) in [5.41, 5.74) is 1.61. The van der Waals surface area contributed by atoms with Crippen LogP contribution in [0.4, 0.5) is 11.5 Å². The summed E-state index contributed by atoms with van der Waals surface area (Å²) in [5.74, 6) is -1.12. The van der Waals surface area contributed by atoms with Crippen molar-refractivity contribution in [3.05, 3.63) is 58.9 Å². The third-order valence-electron chi connectivity index (χ3n) is 6.55. The highest BCUT2D eigenvalue weighted by Gasteiger charge is 2.32. The van der Waals surface area contributed by atoms with E-state index in [2.05, 4.69) is 26.7 Å². The van der Waals surface area contributed by atoms with Crippen LogP contribution in [0.3, 0.4) is 0 Å². The van der Waals surface area contributed by atoms with Gasteiger partial charge < -0.3 is 24.8 Å². The van der Waals surface area contributed by atoms with E-state index in [1.807, 2.05) is 11.9 Å². The van der Waals surface area contributed by atoms with Crippen molar-refractivity contribution < 1.29 is 28.6 Å². The van der Waals surface area contributed by atoms with Crippen molar-refractivity contribution >= 4 is 40.1 Å². The number of hydrogen-bond donors (Lipinski definition) is 2. The number of hydrogen-bond acceptors (Lipinski definition) is 11. The summed E-state index contributed by atoms with van der Waals surface area (Å²) < 4.78 is 15.9. The number of aromatic nitrogens is 2. The average molecular weight is 562 g/mol. The topological polar surface area (TPSA) is 159 Å². The number of methoxy groups -OCH3 is 3. The summed E-state index contributed by atoms with van der Waals surface area (Å²) >= 11 is 0. The number of amides is 3.